The fraction of sp³-hybridized carbons (Fsp3) is 0.231. The molecule has 6 nitrogen and oxygen atoms in total. The van der Waals surface area contributed by atoms with Crippen LogP contribution in [0.4, 0.5) is 5.82 Å². The van der Waals surface area contributed by atoms with E-state index in [0.29, 0.717) is 18.1 Å². The second kappa shape index (κ2) is 8.75. The van der Waals surface area contributed by atoms with Crippen molar-refractivity contribution in [1.82, 2.24) is 9.78 Å². The van der Waals surface area contributed by atoms with E-state index >= 15 is 0 Å². The summed E-state index contributed by atoms with van der Waals surface area (Å²) in [6, 6.07) is 19.7. The molecule has 4 aromatic rings. The van der Waals surface area contributed by atoms with Crippen molar-refractivity contribution in [3.8, 4) is 5.75 Å². The Bertz CT molecular complexity index is 1250. The monoisotopic (exact) mass is 427 g/mol. The smallest absolute Gasteiger partial charge is 0.292 e. The first-order valence-corrected chi connectivity index (χ1v) is 10.9. The van der Waals surface area contributed by atoms with Gasteiger partial charge in [-0.05, 0) is 67.1 Å². The third-order valence-corrected chi connectivity index (χ3v) is 5.65. The van der Waals surface area contributed by atoms with Crippen LogP contribution in [0.3, 0.4) is 0 Å². The lowest BCUT2D eigenvalue weighted by molar-refractivity contribution is 0.0992. The van der Waals surface area contributed by atoms with Gasteiger partial charge in [-0.2, -0.15) is 5.10 Å². The summed E-state index contributed by atoms with van der Waals surface area (Å²) in [5, 5.41) is 7.22. The number of furan rings is 1. The maximum absolute atomic E-state index is 12.5. The summed E-state index contributed by atoms with van der Waals surface area (Å²) in [4.78, 5) is 12.5. The molecular weight excluding hydrogens is 402 g/mol. The number of hydrogen-bond donors (Lipinski definition) is 1. The number of benzene rings is 2. The quantitative estimate of drug-likeness (QED) is 0.443. The number of rotatable bonds is 7. The molecule has 0 bridgehead atoms. The Kier molecular flexibility index (Phi) is 5.50. The molecule has 32 heavy (non-hydrogen) atoms. The lowest BCUT2D eigenvalue weighted by Crippen LogP contribution is -2.12. The summed E-state index contributed by atoms with van der Waals surface area (Å²) in [5.74, 6) is 1.79. The van der Waals surface area contributed by atoms with Crippen LogP contribution in [-0.2, 0) is 26.0 Å². The number of nitrogens with zero attached hydrogens (tertiary/aromatic N) is 2. The molecule has 1 N–H and O–H groups in total. The van der Waals surface area contributed by atoms with Crippen LogP contribution in [0, 0.1) is 6.92 Å². The Balaban J connectivity index is 1.17. The van der Waals surface area contributed by atoms with E-state index in [-0.39, 0.29) is 18.3 Å². The molecule has 2 aromatic heterocycles. The molecule has 0 spiro atoms. The van der Waals surface area contributed by atoms with Gasteiger partial charge in [0, 0.05) is 12.3 Å². The summed E-state index contributed by atoms with van der Waals surface area (Å²) < 4.78 is 13.3. The molecule has 1 aliphatic carbocycles. The normalized spacial score (nSPS) is 12.5. The Morgan fingerprint density at radius 3 is 2.91 bits per heavy atom. The van der Waals surface area contributed by atoms with Gasteiger partial charge in [-0.25, -0.2) is 0 Å². The third-order valence-electron chi connectivity index (χ3n) is 5.65. The van der Waals surface area contributed by atoms with Gasteiger partial charge < -0.3 is 14.5 Å². The fourth-order valence-electron chi connectivity index (χ4n) is 4.06. The molecule has 0 radical (unpaired) electrons. The van der Waals surface area contributed by atoms with Crippen LogP contribution >= 0.6 is 0 Å². The van der Waals surface area contributed by atoms with Crippen LogP contribution in [-0.4, -0.2) is 15.7 Å². The van der Waals surface area contributed by atoms with Crippen molar-refractivity contribution in [2.24, 2.45) is 0 Å². The van der Waals surface area contributed by atoms with Gasteiger partial charge in [0.2, 0.25) is 0 Å². The van der Waals surface area contributed by atoms with Gasteiger partial charge >= 0.3 is 0 Å². The van der Waals surface area contributed by atoms with Gasteiger partial charge in [-0.15, -0.1) is 0 Å². The molecule has 162 valence electrons. The maximum Gasteiger partial charge on any atom is 0.292 e. The molecule has 2 aromatic carbocycles. The molecule has 0 unspecified atom stereocenters. The van der Waals surface area contributed by atoms with E-state index < -0.39 is 0 Å². The number of carbonyl (C=O) groups is 1. The van der Waals surface area contributed by atoms with Crippen LogP contribution in [0.1, 0.15) is 45.0 Å². The van der Waals surface area contributed by atoms with Gasteiger partial charge in [-0.3, -0.25) is 9.48 Å². The number of ether oxygens (including phenoxy) is 1. The first kappa shape index (κ1) is 20.1. The molecule has 0 atom stereocenters. The van der Waals surface area contributed by atoms with Crippen LogP contribution < -0.4 is 10.1 Å². The predicted molar refractivity (Wildman–Crippen MR) is 122 cm³/mol. The second-order valence-electron chi connectivity index (χ2n) is 8.18. The lowest BCUT2D eigenvalue weighted by atomic mass is 10.1. The van der Waals surface area contributed by atoms with Crippen molar-refractivity contribution < 1.29 is 13.9 Å². The number of anilines is 1. The number of hydrogen-bond acceptors (Lipinski definition) is 4. The topological polar surface area (TPSA) is 69.3 Å². The molecule has 2 heterocycles. The minimum Gasteiger partial charge on any atom is -0.486 e. The van der Waals surface area contributed by atoms with Crippen molar-refractivity contribution in [3.63, 3.8) is 0 Å². The van der Waals surface area contributed by atoms with Crippen molar-refractivity contribution >= 4 is 11.7 Å². The van der Waals surface area contributed by atoms with E-state index in [1.165, 1.54) is 23.1 Å². The second-order valence-corrected chi connectivity index (χ2v) is 8.18. The van der Waals surface area contributed by atoms with Crippen LogP contribution in [0.15, 0.2) is 71.3 Å². The van der Waals surface area contributed by atoms with Gasteiger partial charge in [0.1, 0.15) is 18.1 Å². The molecular formula is C26H25N3O3. The van der Waals surface area contributed by atoms with Crippen LogP contribution in [0.2, 0.25) is 0 Å². The molecule has 1 amide bonds. The van der Waals surface area contributed by atoms with Gasteiger partial charge in [0.25, 0.3) is 5.91 Å². The Hall–Kier alpha value is -3.80. The zero-order valence-corrected chi connectivity index (χ0v) is 18.0. The average Bonchev–Trinajstić information content (AvgIpc) is 3.53. The highest BCUT2D eigenvalue weighted by Crippen LogP contribution is 2.26. The molecule has 0 saturated carbocycles. The Labute approximate surface area is 186 Å². The summed E-state index contributed by atoms with van der Waals surface area (Å²) in [6.07, 6.45) is 5.31. The zero-order valence-electron chi connectivity index (χ0n) is 18.0. The van der Waals surface area contributed by atoms with Gasteiger partial charge in [0.15, 0.2) is 11.6 Å². The highest BCUT2D eigenvalue weighted by Gasteiger charge is 2.14. The molecule has 0 fully saturated rings. The van der Waals surface area contributed by atoms with Crippen molar-refractivity contribution in [2.75, 3.05) is 5.32 Å². The molecule has 1 aliphatic rings. The van der Waals surface area contributed by atoms with E-state index in [4.69, 9.17) is 9.15 Å². The number of aromatic nitrogens is 2. The zero-order chi connectivity index (χ0) is 21.9. The van der Waals surface area contributed by atoms with Crippen molar-refractivity contribution in [3.05, 3.63) is 101 Å². The van der Waals surface area contributed by atoms with E-state index in [0.717, 1.165) is 24.2 Å². The maximum atomic E-state index is 12.5. The molecule has 0 aliphatic heterocycles. The van der Waals surface area contributed by atoms with E-state index in [1.807, 2.05) is 18.3 Å². The Morgan fingerprint density at radius 2 is 2.00 bits per heavy atom. The van der Waals surface area contributed by atoms with E-state index in [9.17, 15) is 4.79 Å². The highest BCUT2D eigenvalue weighted by atomic mass is 16.5. The Morgan fingerprint density at radius 1 is 1.09 bits per heavy atom. The van der Waals surface area contributed by atoms with E-state index in [1.54, 1.807) is 22.9 Å². The molecule has 0 saturated heterocycles. The number of fused-ring (bicyclic) bond motifs is 1. The lowest BCUT2D eigenvalue weighted by Gasteiger charge is -2.06. The van der Waals surface area contributed by atoms with Crippen molar-refractivity contribution in [1.29, 1.82) is 0 Å². The fourth-order valence-corrected chi connectivity index (χ4v) is 4.06. The summed E-state index contributed by atoms with van der Waals surface area (Å²) in [5.41, 5.74) is 5.14. The summed E-state index contributed by atoms with van der Waals surface area (Å²) in [7, 11) is 0. The largest absolute Gasteiger partial charge is 0.486 e. The minimum absolute atomic E-state index is 0.228. The first-order chi connectivity index (χ1) is 15.6. The van der Waals surface area contributed by atoms with Crippen LogP contribution in [0.25, 0.3) is 0 Å². The summed E-state index contributed by atoms with van der Waals surface area (Å²) in [6.45, 7) is 2.98. The average molecular weight is 428 g/mol. The van der Waals surface area contributed by atoms with Gasteiger partial charge in [0.05, 0.1) is 6.54 Å². The first-order valence-electron chi connectivity index (χ1n) is 10.9. The SMILES string of the molecule is Cc1cccc(Cn2ccc(NC(=O)c3ccc(COc4ccc5c(c4)CCC5)o3)n2)c1. The number of amides is 1. The minimum atomic E-state index is -0.338. The van der Waals surface area contributed by atoms with Gasteiger partial charge in [-0.1, -0.05) is 35.9 Å². The summed E-state index contributed by atoms with van der Waals surface area (Å²) >= 11 is 0. The molecule has 5 rings (SSSR count). The molecule has 6 heteroatoms. The van der Waals surface area contributed by atoms with Crippen LogP contribution in [0.5, 0.6) is 5.75 Å². The number of nitrogens with one attached hydrogen (secondary N) is 1. The van der Waals surface area contributed by atoms with Crippen molar-refractivity contribution in [2.45, 2.75) is 39.3 Å². The predicted octanol–water partition coefficient (Wildman–Crippen LogP) is 5.15. The number of carbonyl (C=O) groups excluding carboxylic acids is 1. The van der Waals surface area contributed by atoms with E-state index in [2.05, 4.69) is 47.7 Å². The third kappa shape index (κ3) is 4.59. The standard InChI is InChI=1S/C26H25N3O3/c1-18-4-2-5-19(14-18)16-29-13-12-25(28-29)27-26(30)24-11-10-23(32-24)17-31-22-9-8-20-6-3-7-21(20)15-22/h2,4-5,8-15H,3,6-7,16-17H2,1H3,(H,27,28,30). The highest BCUT2D eigenvalue weighted by molar-refractivity contribution is 6.01. The number of aryl methyl sites for hydroxylation is 3.